The number of nitrogens with one attached hydrogen (secondary N) is 3. The number of likely N-dealkylation sites (N-methyl/N-ethyl adjacent to an activating group) is 1. The number of hydrogen-bond acceptors (Lipinski definition) is 4. The van der Waals surface area contributed by atoms with E-state index in [0.29, 0.717) is 13.3 Å². The topological polar surface area (TPSA) is 109 Å². The van der Waals surface area contributed by atoms with Gasteiger partial charge in [0.05, 0.1) is 5.56 Å². The summed E-state index contributed by atoms with van der Waals surface area (Å²) in [4.78, 5) is 50.4. The summed E-state index contributed by atoms with van der Waals surface area (Å²) in [7, 11) is 0.947. The van der Waals surface area contributed by atoms with Crippen molar-refractivity contribution in [2.45, 2.75) is 44.9 Å². The van der Waals surface area contributed by atoms with Crippen molar-refractivity contribution >= 4 is 29.2 Å². The van der Waals surface area contributed by atoms with Crippen molar-refractivity contribution in [3.05, 3.63) is 52.3 Å². The summed E-state index contributed by atoms with van der Waals surface area (Å²) < 4.78 is 68.8. The van der Waals surface area contributed by atoms with E-state index in [9.17, 15) is 41.1 Å². The molecule has 3 N–H and O–H groups in total. The van der Waals surface area contributed by atoms with E-state index in [4.69, 9.17) is 0 Å². The predicted octanol–water partition coefficient (Wildman–Crippen LogP) is 2.64. The van der Waals surface area contributed by atoms with Gasteiger partial charge in [-0.3, -0.25) is 19.2 Å². The molecule has 1 aliphatic heterocycles. The maximum absolute atomic E-state index is 13.5. The van der Waals surface area contributed by atoms with Gasteiger partial charge in [-0.25, -0.2) is 8.78 Å². The molecular formula is C22H21F5N4O4. The van der Waals surface area contributed by atoms with Crippen LogP contribution in [0.25, 0.3) is 0 Å². The maximum Gasteiger partial charge on any atom is 0.420 e. The van der Waals surface area contributed by atoms with E-state index in [0.717, 1.165) is 25.2 Å². The number of Topliss-reactive ketones (excluding diaryl/α,β-unsaturated/α-hetero) is 1. The van der Waals surface area contributed by atoms with E-state index in [1.54, 1.807) is 5.32 Å². The third-order valence-electron chi connectivity index (χ3n) is 5.85. The van der Waals surface area contributed by atoms with Crippen LogP contribution in [-0.2, 0) is 22.6 Å². The Bertz CT molecular complexity index is 1240. The summed E-state index contributed by atoms with van der Waals surface area (Å²) >= 11 is 0. The molecule has 188 valence electrons. The minimum Gasteiger partial charge on any atom is -0.357 e. The fourth-order valence-corrected chi connectivity index (χ4v) is 3.98. The van der Waals surface area contributed by atoms with Crippen LogP contribution in [0.1, 0.15) is 45.4 Å². The van der Waals surface area contributed by atoms with E-state index in [2.05, 4.69) is 5.32 Å². The number of fused-ring (bicyclic) bond motifs is 1. The second-order valence-corrected chi connectivity index (χ2v) is 8.12. The summed E-state index contributed by atoms with van der Waals surface area (Å²) in [6.07, 6.45) is -4.46. The Morgan fingerprint density at radius 2 is 1.71 bits per heavy atom. The molecule has 0 saturated carbocycles. The lowest BCUT2D eigenvalue weighted by atomic mass is 9.98. The quantitative estimate of drug-likeness (QED) is 0.322. The zero-order chi connectivity index (χ0) is 26.3. The second kappa shape index (κ2) is 9.12. The van der Waals surface area contributed by atoms with Crippen molar-refractivity contribution in [2.24, 2.45) is 0 Å². The lowest BCUT2D eigenvalue weighted by Gasteiger charge is -2.30. The molecule has 1 aromatic heterocycles. The SMILES string of the molecule is CNC(=O)[C@](C)(NC(=O)C(=O)c1c(C)c(C(=O)Nc2ccc(F)c(F)c2)n2c1CCC2)C(F)(F)F. The summed E-state index contributed by atoms with van der Waals surface area (Å²) in [6.45, 7) is 2.05. The van der Waals surface area contributed by atoms with Gasteiger partial charge in [-0.05, 0) is 44.4 Å². The molecule has 0 saturated heterocycles. The highest BCUT2D eigenvalue weighted by molar-refractivity contribution is 6.44. The first-order valence-corrected chi connectivity index (χ1v) is 10.4. The Morgan fingerprint density at radius 1 is 1.06 bits per heavy atom. The van der Waals surface area contributed by atoms with Crippen molar-refractivity contribution in [1.29, 1.82) is 0 Å². The number of carbonyl (C=O) groups excluding carboxylic acids is 4. The molecule has 0 spiro atoms. The zero-order valence-electron chi connectivity index (χ0n) is 18.8. The summed E-state index contributed by atoms with van der Waals surface area (Å²) in [5.41, 5.74) is -3.46. The smallest absolute Gasteiger partial charge is 0.357 e. The monoisotopic (exact) mass is 500 g/mol. The molecule has 2 aromatic rings. The van der Waals surface area contributed by atoms with Gasteiger partial charge in [0.25, 0.3) is 23.5 Å². The Hall–Kier alpha value is -3.77. The van der Waals surface area contributed by atoms with Crippen LogP contribution in [-0.4, -0.2) is 46.8 Å². The molecule has 1 aliphatic rings. The van der Waals surface area contributed by atoms with Crippen molar-refractivity contribution in [2.75, 3.05) is 12.4 Å². The Labute approximate surface area is 195 Å². The number of benzene rings is 1. The standard InChI is InChI=1S/C22H21F5N4O4/c1-10-15(17(32)19(34)30-21(2,20(35)28-3)22(25,26)27)14-5-4-8-31(14)16(10)18(33)29-11-6-7-12(23)13(24)9-11/h6-7,9H,4-5,8H2,1-3H3,(H,28,35)(H,29,33)(H,30,34)/t21-/m0/s1. The van der Waals surface area contributed by atoms with Crippen LogP contribution in [0.2, 0.25) is 0 Å². The lowest BCUT2D eigenvalue weighted by molar-refractivity contribution is -0.196. The molecule has 13 heteroatoms. The number of hydrogen-bond donors (Lipinski definition) is 3. The van der Waals surface area contributed by atoms with Crippen LogP contribution in [0.3, 0.4) is 0 Å². The van der Waals surface area contributed by atoms with Crippen molar-refractivity contribution in [3.8, 4) is 0 Å². The van der Waals surface area contributed by atoms with E-state index < -0.39 is 46.9 Å². The van der Waals surface area contributed by atoms with Gasteiger partial charge in [0.2, 0.25) is 5.54 Å². The van der Waals surface area contributed by atoms with Crippen LogP contribution >= 0.6 is 0 Å². The molecule has 2 heterocycles. The molecule has 0 radical (unpaired) electrons. The van der Waals surface area contributed by atoms with Crippen molar-refractivity contribution < 1.29 is 41.1 Å². The molecule has 1 atom stereocenters. The van der Waals surface area contributed by atoms with Gasteiger partial charge in [0.15, 0.2) is 11.6 Å². The van der Waals surface area contributed by atoms with Gasteiger partial charge in [-0.2, -0.15) is 13.2 Å². The molecule has 3 rings (SSSR count). The van der Waals surface area contributed by atoms with E-state index >= 15 is 0 Å². The summed E-state index contributed by atoms with van der Waals surface area (Å²) in [5, 5.41) is 5.66. The number of alkyl halides is 3. The number of aromatic nitrogens is 1. The molecule has 1 aromatic carbocycles. The minimum atomic E-state index is -5.21. The second-order valence-electron chi connectivity index (χ2n) is 8.12. The van der Waals surface area contributed by atoms with Gasteiger partial charge in [0, 0.05) is 31.0 Å². The number of halogens is 5. The average molecular weight is 500 g/mol. The normalized spacial score (nSPS) is 14.6. The molecule has 0 bridgehead atoms. The summed E-state index contributed by atoms with van der Waals surface area (Å²) in [6, 6.07) is 2.69. The first kappa shape index (κ1) is 25.8. The van der Waals surface area contributed by atoms with Crippen LogP contribution in [0.5, 0.6) is 0 Å². The lowest BCUT2D eigenvalue weighted by Crippen LogP contribution is -2.65. The highest BCUT2D eigenvalue weighted by Crippen LogP contribution is 2.32. The zero-order valence-corrected chi connectivity index (χ0v) is 18.8. The Kier molecular flexibility index (Phi) is 6.73. The van der Waals surface area contributed by atoms with Gasteiger partial charge >= 0.3 is 6.18 Å². The molecular weight excluding hydrogens is 479 g/mol. The average Bonchev–Trinajstić information content (AvgIpc) is 3.33. The van der Waals surface area contributed by atoms with Crippen LogP contribution in [0, 0.1) is 18.6 Å². The van der Waals surface area contributed by atoms with E-state index in [1.807, 2.05) is 0 Å². The van der Waals surface area contributed by atoms with Crippen LogP contribution < -0.4 is 16.0 Å². The highest BCUT2D eigenvalue weighted by Gasteiger charge is 2.58. The fraction of sp³-hybridized carbons (Fsp3) is 0.364. The molecule has 3 amide bonds. The van der Waals surface area contributed by atoms with Gasteiger partial charge in [-0.1, -0.05) is 0 Å². The number of anilines is 1. The predicted molar refractivity (Wildman–Crippen MR) is 113 cm³/mol. The first-order chi connectivity index (χ1) is 16.2. The molecule has 0 fully saturated rings. The van der Waals surface area contributed by atoms with Crippen molar-refractivity contribution in [3.63, 3.8) is 0 Å². The van der Waals surface area contributed by atoms with Crippen molar-refractivity contribution in [1.82, 2.24) is 15.2 Å². The van der Waals surface area contributed by atoms with E-state index in [1.165, 1.54) is 16.8 Å². The number of ketones is 1. The number of amides is 3. The highest BCUT2D eigenvalue weighted by atomic mass is 19.4. The molecule has 0 unspecified atom stereocenters. The van der Waals surface area contributed by atoms with Gasteiger partial charge in [0.1, 0.15) is 5.69 Å². The van der Waals surface area contributed by atoms with E-state index in [-0.39, 0.29) is 41.2 Å². The summed E-state index contributed by atoms with van der Waals surface area (Å²) in [5.74, 6) is -7.71. The Balaban J connectivity index is 1.96. The Morgan fingerprint density at radius 3 is 2.29 bits per heavy atom. The first-order valence-electron chi connectivity index (χ1n) is 10.4. The van der Waals surface area contributed by atoms with Crippen LogP contribution in [0.15, 0.2) is 18.2 Å². The molecule has 8 nitrogen and oxygen atoms in total. The fourth-order valence-electron chi connectivity index (χ4n) is 3.98. The van der Waals surface area contributed by atoms with Gasteiger partial charge < -0.3 is 20.5 Å². The number of nitrogens with zero attached hydrogens (tertiary/aromatic N) is 1. The number of rotatable bonds is 6. The molecule has 0 aliphatic carbocycles. The molecule has 35 heavy (non-hydrogen) atoms. The minimum absolute atomic E-state index is 0.0218. The third kappa shape index (κ3) is 4.49. The number of carbonyl (C=O) groups is 4. The third-order valence-corrected chi connectivity index (χ3v) is 5.85. The maximum atomic E-state index is 13.5. The van der Waals surface area contributed by atoms with Crippen LogP contribution in [0.4, 0.5) is 27.6 Å². The van der Waals surface area contributed by atoms with Gasteiger partial charge in [-0.15, -0.1) is 0 Å². The largest absolute Gasteiger partial charge is 0.420 e.